The van der Waals surface area contributed by atoms with Gasteiger partial charge in [-0.15, -0.1) is 11.3 Å². The van der Waals surface area contributed by atoms with Gasteiger partial charge in [-0.1, -0.05) is 18.9 Å². The second-order valence-electron chi connectivity index (χ2n) is 6.83. The van der Waals surface area contributed by atoms with Crippen LogP contribution in [-0.4, -0.2) is 41.9 Å². The fraction of sp³-hybridized carbons (Fsp3) is 0.300. The number of aromatic carboxylic acids is 1. The SMILES string of the molecule is O=C(O)c1cc(-c2cccs2)nc2ccc(S(=O)(=O)N3CCCCCC3)cc12. The van der Waals surface area contributed by atoms with E-state index in [4.69, 9.17) is 0 Å². The van der Waals surface area contributed by atoms with Crippen LogP contribution in [0, 0.1) is 0 Å². The molecule has 1 aromatic carbocycles. The number of sulfonamides is 1. The molecule has 0 atom stereocenters. The summed E-state index contributed by atoms with van der Waals surface area (Å²) in [5.41, 5.74) is 1.10. The molecule has 0 amide bonds. The van der Waals surface area contributed by atoms with Gasteiger partial charge in [0.15, 0.2) is 0 Å². The number of thiophene rings is 1. The second-order valence-corrected chi connectivity index (χ2v) is 9.72. The second kappa shape index (κ2) is 7.62. The number of carboxylic acid groups (broad SMARTS) is 1. The first-order valence-corrected chi connectivity index (χ1v) is 11.5. The van der Waals surface area contributed by atoms with Crippen LogP contribution in [0.4, 0.5) is 0 Å². The smallest absolute Gasteiger partial charge is 0.336 e. The number of pyridine rings is 1. The maximum atomic E-state index is 13.1. The lowest BCUT2D eigenvalue weighted by atomic mass is 10.1. The number of aromatic nitrogens is 1. The number of fused-ring (bicyclic) bond motifs is 1. The molecule has 1 saturated heterocycles. The predicted octanol–water partition coefficient (Wildman–Crippen LogP) is 4.23. The molecule has 1 fully saturated rings. The van der Waals surface area contributed by atoms with Gasteiger partial charge >= 0.3 is 5.97 Å². The van der Waals surface area contributed by atoms with Crippen LogP contribution < -0.4 is 0 Å². The Bertz CT molecular complexity index is 1120. The van der Waals surface area contributed by atoms with Crippen LogP contribution in [-0.2, 0) is 10.0 Å². The largest absolute Gasteiger partial charge is 0.478 e. The van der Waals surface area contributed by atoms with Gasteiger partial charge in [0.1, 0.15) is 0 Å². The van der Waals surface area contributed by atoms with Crippen molar-refractivity contribution in [3.05, 3.63) is 47.3 Å². The fourth-order valence-corrected chi connectivity index (χ4v) is 5.75. The molecule has 0 unspecified atom stereocenters. The number of hydrogen-bond acceptors (Lipinski definition) is 5. The van der Waals surface area contributed by atoms with Crippen LogP contribution >= 0.6 is 11.3 Å². The average molecular weight is 417 g/mol. The number of carboxylic acids is 1. The van der Waals surface area contributed by atoms with Gasteiger partial charge in [-0.3, -0.25) is 0 Å². The molecule has 6 nitrogen and oxygen atoms in total. The maximum Gasteiger partial charge on any atom is 0.336 e. The molecule has 4 rings (SSSR count). The monoisotopic (exact) mass is 416 g/mol. The zero-order chi connectivity index (χ0) is 19.7. The minimum Gasteiger partial charge on any atom is -0.478 e. The number of benzene rings is 1. The molecule has 1 N–H and O–H groups in total. The van der Waals surface area contributed by atoms with Gasteiger partial charge in [0.05, 0.1) is 26.5 Å². The summed E-state index contributed by atoms with van der Waals surface area (Å²) < 4.78 is 27.7. The first-order chi connectivity index (χ1) is 13.5. The summed E-state index contributed by atoms with van der Waals surface area (Å²) >= 11 is 1.48. The molecule has 2 aromatic heterocycles. The molecular weight excluding hydrogens is 396 g/mol. The normalized spacial score (nSPS) is 16.1. The quantitative estimate of drug-likeness (QED) is 0.688. The maximum absolute atomic E-state index is 13.1. The van der Waals surface area contributed by atoms with Crippen LogP contribution in [0.3, 0.4) is 0 Å². The summed E-state index contributed by atoms with van der Waals surface area (Å²) in [6.07, 6.45) is 3.75. The van der Waals surface area contributed by atoms with Gasteiger partial charge in [0.25, 0.3) is 0 Å². The van der Waals surface area contributed by atoms with Gasteiger partial charge in [-0.05, 0) is 48.6 Å². The minimum absolute atomic E-state index is 0.0568. The topological polar surface area (TPSA) is 87.6 Å². The number of hydrogen-bond donors (Lipinski definition) is 1. The van der Waals surface area contributed by atoms with E-state index >= 15 is 0 Å². The van der Waals surface area contributed by atoms with Crippen molar-refractivity contribution in [3.8, 4) is 10.6 Å². The molecule has 0 spiro atoms. The highest BCUT2D eigenvalue weighted by Crippen LogP contribution is 2.30. The van der Waals surface area contributed by atoms with Crippen molar-refractivity contribution in [3.63, 3.8) is 0 Å². The molecule has 146 valence electrons. The van der Waals surface area contributed by atoms with Crippen molar-refractivity contribution < 1.29 is 18.3 Å². The van der Waals surface area contributed by atoms with Gasteiger partial charge < -0.3 is 5.11 Å². The molecule has 28 heavy (non-hydrogen) atoms. The van der Waals surface area contributed by atoms with E-state index in [0.29, 0.717) is 29.7 Å². The van der Waals surface area contributed by atoms with E-state index in [1.54, 1.807) is 6.07 Å². The highest BCUT2D eigenvalue weighted by atomic mass is 32.2. The third-order valence-corrected chi connectivity index (χ3v) is 7.77. The summed E-state index contributed by atoms with van der Waals surface area (Å²) in [4.78, 5) is 17.4. The lowest BCUT2D eigenvalue weighted by molar-refractivity contribution is 0.0699. The first kappa shape index (κ1) is 19.0. The predicted molar refractivity (Wildman–Crippen MR) is 109 cm³/mol. The summed E-state index contributed by atoms with van der Waals surface area (Å²) in [5.74, 6) is -1.10. The average Bonchev–Trinajstić information content (AvgIpc) is 3.08. The highest BCUT2D eigenvalue weighted by molar-refractivity contribution is 7.89. The van der Waals surface area contributed by atoms with Gasteiger partial charge in [-0.25, -0.2) is 18.2 Å². The third-order valence-electron chi connectivity index (χ3n) is 4.99. The Hall–Kier alpha value is -2.29. The Balaban J connectivity index is 1.83. The van der Waals surface area contributed by atoms with Crippen molar-refractivity contribution in [1.29, 1.82) is 0 Å². The van der Waals surface area contributed by atoms with E-state index in [9.17, 15) is 18.3 Å². The van der Waals surface area contributed by atoms with Crippen molar-refractivity contribution >= 4 is 38.2 Å². The molecular formula is C20H20N2O4S2. The number of carbonyl (C=O) groups is 1. The van der Waals surface area contributed by atoms with Crippen molar-refractivity contribution in [2.75, 3.05) is 13.1 Å². The molecule has 1 aliphatic heterocycles. The highest BCUT2D eigenvalue weighted by Gasteiger charge is 2.26. The van der Waals surface area contributed by atoms with E-state index in [-0.39, 0.29) is 10.5 Å². The van der Waals surface area contributed by atoms with Crippen LogP contribution in [0.1, 0.15) is 36.0 Å². The minimum atomic E-state index is -3.66. The van der Waals surface area contributed by atoms with E-state index in [1.165, 1.54) is 33.8 Å². The molecule has 8 heteroatoms. The Morgan fingerprint density at radius 3 is 2.46 bits per heavy atom. The van der Waals surface area contributed by atoms with Gasteiger partial charge in [-0.2, -0.15) is 4.31 Å². The molecule has 0 radical (unpaired) electrons. The standard InChI is InChI=1S/C20H20N2O4S2/c23-20(24)16-13-18(19-6-5-11-27-19)21-17-8-7-14(12-15(16)17)28(25,26)22-9-3-1-2-4-10-22/h5-8,11-13H,1-4,9-10H2,(H,23,24). The van der Waals surface area contributed by atoms with E-state index in [2.05, 4.69) is 4.98 Å². The summed E-state index contributed by atoms with van der Waals surface area (Å²) in [7, 11) is -3.66. The van der Waals surface area contributed by atoms with E-state index in [1.807, 2.05) is 17.5 Å². The molecule has 0 aliphatic carbocycles. The third kappa shape index (κ3) is 3.55. The van der Waals surface area contributed by atoms with Crippen molar-refractivity contribution in [2.24, 2.45) is 0 Å². The molecule has 1 aliphatic rings. The molecule has 3 heterocycles. The van der Waals surface area contributed by atoms with Crippen molar-refractivity contribution in [1.82, 2.24) is 9.29 Å². The van der Waals surface area contributed by atoms with Crippen LogP contribution in [0.5, 0.6) is 0 Å². The molecule has 3 aromatic rings. The Morgan fingerprint density at radius 1 is 1.07 bits per heavy atom. The molecule has 0 bridgehead atoms. The summed E-state index contributed by atoms with van der Waals surface area (Å²) in [5, 5.41) is 11.9. The van der Waals surface area contributed by atoms with Gasteiger partial charge in [0, 0.05) is 18.5 Å². The van der Waals surface area contributed by atoms with Crippen molar-refractivity contribution in [2.45, 2.75) is 30.6 Å². The lowest BCUT2D eigenvalue weighted by Gasteiger charge is -2.20. The van der Waals surface area contributed by atoms with Crippen LogP contribution in [0.25, 0.3) is 21.5 Å². The van der Waals surface area contributed by atoms with E-state index < -0.39 is 16.0 Å². The van der Waals surface area contributed by atoms with Gasteiger partial charge in [0.2, 0.25) is 10.0 Å². The van der Waals surface area contributed by atoms with Crippen LogP contribution in [0.15, 0.2) is 46.7 Å². The zero-order valence-electron chi connectivity index (χ0n) is 15.2. The summed E-state index contributed by atoms with van der Waals surface area (Å²) in [6, 6.07) is 9.85. The Kier molecular flexibility index (Phi) is 5.18. The Morgan fingerprint density at radius 2 is 1.82 bits per heavy atom. The first-order valence-electron chi connectivity index (χ1n) is 9.19. The zero-order valence-corrected chi connectivity index (χ0v) is 16.8. The molecule has 0 saturated carbocycles. The fourth-order valence-electron chi connectivity index (χ4n) is 3.52. The summed E-state index contributed by atoms with van der Waals surface area (Å²) in [6.45, 7) is 1.00. The Labute approximate surface area is 167 Å². The number of rotatable bonds is 4. The van der Waals surface area contributed by atoms with Crippen LogP contribution in [0.2, 0.25) is 0 Å². The lowest BCUT2D eigenvalue weighted by Crippen LogP contribution is -2.31. The van der Waals surface area contributed by atoms with E-state index in [0.717, 1.165) is 30.6 Å². The number of nitrogens with zero attached hydrogens (tertiary/aromatic N) is 2.